The van der Waals surface area contributed by atoms with Crippen LogP contribution in [0.4, 0.5) is 0 Å². The van der Waals surface area contributed by atoms with Crippen LogP contribution in [0, 0.1) is 40.4 Å². The van der Waals surface area contributed by atoms with E-state index in [4.69, 9.17) is 15.0 Å². The summed E-state index contributed by atoms with van der Waals surface area (Å²) in [4.78, 5) is 15.4. The van der Waals surface area contributed by atoms with Crippen LogP contribution in [-0.2, 0) is 5.41 Å². The number of nitriles is 2. The standard InChI is InChI=1S/C58H47N5/c1-38-31-42-32-39(2)34-58(33-38,35-42)50-29-27-46(28-30-50)44-21-19-43(20-22-44)45-23-25-49(26-24-45)55-61-56(53-9-5-3-7-51(53)47-15-11-40(36-59)12-16-47)63-57(62-55)54-10-6-4-8-52(54)48-17-13-41(37-60)14-18-48/h3-30,38-39,42H,31-35H2,1-2H3/t38-,39+,42?,58?. The van der Waals surface area contributed by atoms with Crippen molar-refractivity contribution in [3.63, 3.8) is 0 Å². The quantitative estimate of drug-likeness (QED) is 0.152. The van der Waals surface area contributed by atoms with Gasteiger partial charge >= 0.3 is 0 Å². The molecule has 2 aliphatic carbocycles. The number of fused-ring (bicyclic) bond motifs is 2. The minimum Gasteiger partial charge on any atom is -0.208 e. The van der Waals surface area contributed by atoms with Gasteiger partial charge in [0.05, 0.1) is 23.3 Å². The van der Waals surface area contributed by atoms with E-state index in [-0.39, 0.29) is 0 Å². The zero-order valence-electron chi connectivity index (χ0n) is 35.7. The highest BCUT2D eigenvalue weighted by Gasteiger charge is 2.45. The number of nitrogens with zero attached hydrogens (tertiary/aromatic N) is 5. The predicted molar refractivity (Wildman–Crippen MR) is 254 cm³/mol. The largest absolute Gasteiger partial charge is 0.208 e. The fraction of sp³-hybridized carbons (Fsp3) is 0.190. The second-order valence-electron chi connectivity index (χ2n) is 17.9. The minimum atomic E-state index is 0.340. The first kappa shape index (κ1) is 39.7. The normalized spacial score (nSPS) is 19.1. The summed E-state index contributed by atoms with van der Waals surface area (Å²) >= 11 is 0. The third kappa shape index (κ3) is 7.96. The molecule has 0 radical (unpaired) electrons. The molecular weight excluding hydrogens is 767 g/mol. The Morgan fingerprint density at radius 3 is 1.16 bits per heavy atom. The first-order valence-electron chi connectivity index (χ1n) is 22.1. The molecule has 2 fully saturated rings. The average Bonchev–Trinajstić information content (AvgIpc) is 3.33. The molecule has 304 valence electrons. The van der Waals surface area contributed by atoms with E-state index < -0.39 is 0 Å². The molecule has 63 heavy (non-hydrogen) atoms. The molecule has 8 aromatic rings. The summed E-state index contributed by atoms with van der Waals surface area (Å²) in [5, 5.41) is 18.9. The van der Waals surface area contributed by atoms with E-state index in [0.29, 0.717) is 34.0 Å². The van der Waals surface area contributed by atoms with Gasteiger partial charge in [-0.15, -0.1) is 0 Å². The van der Waals surface area contributed by atoms with Gasteiger partial charge in [0.2, 0.25) is 0 Å². The van der Waals surface area contributed by atoms with Crippen molar-refractivity contribution in [2.75, 3.05) is 0 Å². The molecule has 0 amide bonds. The van der Waals surface area contributed by atoms with Gasteiger partial charge in [-0.1, -0.05) is 159 Å². The second kappa shape index (κ2) is 16.8. The van der Waals surface area contributed by atoms with Crippen molar-refractivity contribution in [2.24, 2.45) is 17.8 Å². The van der Waals surface area contributed by atoms with Crippen LogP contribution in [0.5, 0.6) is 0 Å². The molecule has 2 saturated carbocycles. The van der Waals surface area contributed by atoms with E-state index in [0.717, 1.165) is 67.8 Å². The second-order valence-corrected chi connectivity index (χ2v) is 17.9. The Morgan fingerprint density at radius 1 is 0.397 bits per heavy atom. The highest BCUT2D eigenvalue weighted by Crippen LogP contribution is 2.54. The molecule has 5 heteroatoms. The van der Waals surface area contributed by atoms with Crippen molar-refractivity contribution in [3.8, 4) is 90.8 Å². The smallest absolute Gasteiger partial charge is 0.164 e. The van der Waals surface area contributed by atoms with Gasteiger partial charge in [-0.3, -0.25) is 0 Å². The molecule has 0 aliphatic heterocycles. The molecule has 10 rings (SSSR count). The highest BCUT2D eigenvalue weighted by molar-refractivity contribution is 5.85. The third-order valence-corrected chi connectivity index (χ3v) is 13.4. The number of hydrogen-bond acceptors (Lipinski definition) is 5. The summed E-state index contributed by atoms with van der Waals surface area (Å²) in [6.45, 7) is 4.92. The molecule has 1 aromatic heterocycles. The van der Waals surface area contributed by atoms with Crippen molar-refractivity contribution in [2.45, 2.75) is 51.4 Å². The van der Waals surface area contributed by atoms with Crippen molar-refractivity contribution >= 4 is 0 Å². The van der Waals surface area contributed by atoms with Crippen LogP contribution in [0.2, 0.25) is 0 Å². The van der Waals surface area contributed by atoms with Crippen LogP contribution in [0.1, 0.15) is 62.6 Å². The van der Waals surface area contributed by atoms with Gasteiger partial charge in [-0.25, -0.2) is 15.0 Å². The lowest BCUT2D eigenvalue weighted by molar-refractivity contribution is 0.0780. The Morgan fingerprint density at radius 2 is 0.746 bits per heavy atom. The van der Waals surface area contributed by atoms with Crippen molar-refractivity contribution in [1.82, 2.24) is 15.0 Å². The average molecular weight is 814 g/mol. The van der Waals surface area contributed by atoms with E-state index in [9.17, 15) is 10.5 Å². The van der Waals surface area contributed by atoms with Crippen LogP contribution in [0.3, 0.4) is 0 Å². The van der Waals surface area contributed by atoms with Crippen molar-refractivity contribution < 1.29 is 0 Å². The first-order chi connectivity index (χ1) is 30.8. The summed E-state index contributed by atoms with van der Waals surface area (Å²) in [6.07, 6.45) is 6.78. The van der Waals surface area contributed by atoms with Gasteiger partial charge < -0.3 is 0 Å². The maximum absolute atomic E-state index is 9.46. The van der Waals surface area contributed by atoms with Crippen LogP contribution < -0.4 is 0 Å². The topological polar surface area (TPSA) is 86.2 Å². The fourth-order valence-electron chi connectivity index (χ4n) is 10.8. The zero-order chi connectivity index (χ0) is 42.9. The lowest BCUT2D eigenvalue weighted by Crippen LogP contribution is -2.42. The van der Waals surface area contributed by atoms with E-state index >= 15 is 0 Å². The SMILES string of the molecule is C[C@@H]1CC2C[C@H](C)CC(c3ccc(-c4ccc(-c5ccc(-c6nc(-c7ccccc7-c7ccc(C#N)cc7)nc(-c7ccccc7-c7ccc(C#N)cc7)n6)cc5)cc4)cc3)(C2)C1. The monoisotopic (exact) mass is 813 g/mol. The first-order valence-corrected chi connectivity index (χ1v) is 22.1. The molecule has 0 saturated heterocycles. The third-order valence-electron chi connectivity index (χ3n) is 13.4. The zero-order valence-corrected chi connectivity index (χ0v) is 35.7. The van der Waals surface area contributed by atoms with E-state index in [2.05, 4.69) is 111 Å². The van der Waals surface area contributed by atoms with Crippen LogP contribution >= 0.6 is 0 Å². The molecule has 1 heterocycles. The maximum Gasteiger partial charge on any atom is 0.164 e. The van der Waals surface area contributed by atoms with Crippen molar-refractivity contribution in [1.29, 1.82) is 10.5 Å². The number of aromatic nitrogens is 3. The Bertz CT molecular complexity index is 2870. The molecule has 7 aromatic carbocycles. The molecular formula is C58H47N5. The van der Waals surface area contributed by atoms with E-state index in [1.54, 1.807) is 0 Å². The minimum absolute atomic E-state index is 0.340. The molecule has 4 atom stereocenters. The summed E-state index contributed by atoms with van der Waals surface area (Å²) < 4.78 is 0. The Hall–Kier alpha value is -7.47. The number of rotatable bonds is 8. The highest BCUT2D eigenvalue weighted by atomic mass is 15.0. The van der Waals surface area contributed by atoms with Gasteiger partial charge in [0, 0.05) is 16.7 Å². The molecule has 2 bridgehead atoms. The van der Waals surface area contributed by atoms with Crippen LogP contribution in [-0.4, -0.2) is 15.0 Å². The molecule has 2 aliphatic rings. The maximum atomic E-state index is 9.46. The van der Waals surface area contributed by atoms with Crippen LogP contribution in [0.25, 0.3) is 78.7 Å². The van der Waals surface area contributed by atoms with Gasteiger partial charge in [0.25, 0.3) is 0 Å². The number of benzene rings is 7. The number of hydrogen-bond donors (Lipinski definition) is 0. The fourth-order valence-corrected chi connectivity index (χ4v) is 10.8. The molecule has 5 nitrogen and oxygen atoms in total. The summed E-state index contributed by atoms with van der Waals surface area (Å²) in [5.74, 6) is 4.13. The Balaban J connectivity index is 0.977. The van der Waals surface area contributed by atoms with Crippen LogP contribution in [0.15, 0.2) is 170 Å². The summed E-state index contributed by atoms with van der Waals surface area (Å²) in [7, 11) is 0. The Kier molecular flexibility index (Phi) is 10.6. The summed E-state index contributed by atoms with van der Waals surface area (Å²) in [5.41, 5.74) is 14.2. The molecule has 0 N–H and O–H groups in total. The Labute approximate surface area is 370 Å². The van der Waals surface area contributed by atoms with Gasteiger partial charge in [-0.2, -0.15) is 10.5 Å². The van der Waals surface area contributed by atoms with Crippen molar-refractivity contribution in [3.05, 3.63) is 187 Å². The molecule has 0 spiro atoms. The van der Waals surface area contributed by atoms with E-state index in [1.165, 1.54) is 48.8 Å². The lowest BCUT2D eigenvalue weighted by atomic mass is 9.54. The predicted octanol–water partition coefficient (Wildman–Crippen LogP) is 14.4. The molecule has 2 unspecified atom stereocenters. The van der Waals surface area contributed by atoms with Gasteiger partial charge in [0.15, 0.2) is 17.5 Å². The van der Waals surface area contributed by atoms with Gasteiger partial charge in [-0.05, 0) is 130 Å². The lowest BCUT2D eigenvalue weighted by Gasteiger charge is -2.50. The van der Waals surface area contributed by atoms with E-state index in [1.807, 2.05) is 84.9 Å². The van der Waals surface area contributed by atoms with Gasteiger partial charge in [0.1, 0.15) is 0 Å². The summed E-state index contributed by atoms with van der Waals surface area (Å²) in [6, 6.07) is 62.7.